The summed E-state index contributed by atoms with van der Waals surface area (Å²) in [5, 5.41) is 3.33. The van der Waals surface area contributed by atoms with Crippen molar-refractivity contribution in [2.24, 2.45) is 0 Å². The number of nitrogens with zero attached hydrogens (tertiary/aromatic N) is 1. The van der Waals surface area contributed by atoms with Crippen LogP contribution < -0.4 is 5.32 Å². The van der Waals surface area contributed by atoms with E-state index in [0.29, 0.717) is 12.1 Å². The Morgan fingerprint density at radius 1 is 1.00 bits per heavy atom. The maximum atomic E-state index is 5.62. The monoisotopic (exact) mass is 242 g/mol. The summed E-state index contributed by atoms with van der Waals surface area (Å²) < 4.78 is 0. The van der Waals surface area contributed by atoms with Crippen molar-refractivity contribution in [1.29, 1.82) is 0 Å². The Morgan fingerprint density at radius 3 is 2.41 bits per heavy atom. The van der Waals surface area contributed by atoms with Gasteiger partial charge in [-0.2, -0.15) is 0 Å². The first kappa shape index (κ1) is 13.3. The Labute approximate surface area is 105 Å². The summed E-state index contributed by atoms with van der Waals surface area (Å²) in [6.45, 7) is 1.13. The van der Waals surface area contributed by atoms with Gasteiger partial charge in [-0.25, -0.2) is 9.78 Å². The summed E-state index contributed by atoms with van der Waals surface area (Å²) in [6.07, 6.45) is 8.73. The van der Waals surface area contributed by atoms with E-state index >= 15 is 0 Å². The van der Waals surface area contributed by atoms with Crippen molar-refractivity contribution >= 4 is 0 Å². The highest BCUT2D eigenvalue weighted by Crippen LogP contribution is 2.23. The van der Waals surface area contributed by atoms with Crippen molar-refractivity contribution < 1.29 is 9.78 Å². The molecule has 1 N–H and O–H groups in total. The lowest BCUT2D eigenvalue weighted by Gasteiger charge is -2.33. The maximum Gasteiger partial charge on any atom is 0.145 e. The molecule has 1 aliphatic carbocycles. The van der Waals surface area contributed by atoms with Gasteiger partial charge in [-0.3, -0.25) is 4.90 Å². The predicted molar refractivity (Wildman–Crippen MR) is 67.5 cm³/mol. The van der Waals surface area contributed by atoms with Gasteiger partial charge in [0.15, 0.2) is 0 Å². The molecule has 1 saturated carbocycles. The van der Waals surface area contributed by atoms with Crippen molar-refractivity contribution in [2.75, 3.05) is 20.6 Å². The smallest absolute Gasteiger partial charge is 0.145 e. The van der Waals surface area contributed by atoms with Gasteiger partial charge in [0.2, 0.25) is 0 Å². The van der Waals surface area contributed by atoms with Crippen LogP contribution in [-0.4, -0.2) is 43.9 Å². The van der Waals surface area contributed by atoms with E-state index < -0.39 is 0 Å². The number of rotatable bonds is 4. The fourth-order valence-electron chi connectivity index (χ4n) is 2.76. The first-order chi connectivity index (χ1) is 8.29. The molecule has 0 aromatic heterocycles. The molecule has 0 aromatic carbocycles. The number of piperidine rings is 1. The number of likely N-dealkylation sites (tertiary alicyclic amines) is 1. The van der Waals surface area contributed by atoms with Gasteiger partial charge in [-0.15, -0.1) is 0 Å². The summed E-state index contributed by atoms with van der Waals surface area (Å²) in [7, 11) is 4.16. The zero-order valence-corrected chi connectivity index (χ0v) is 11.2. The molecule has 0 aromatic rings. The van der Waals surface area contributed by atoms with Crippen LogP contribution in [0.15, 0.2) is 0 Å². The molecule has 1 aliphatic heterocycles. The third kappa shape index (κ3) is 3.91. The average Bonchev–Trinajstić information content (AvgIpc) is 2.38. The summed E-state index contributed by atoms with van der Waals surface area (Å²) in [6, 6.07) is 0.673. The lowest BCUT2D eigenvalue weighted by Crippen LogP contribution is -2.40. The fraction of sp³-hybridized carbons (Fsp3) is 1.00. The minimum Gasteiger partial charge on any atom is -0.317 e. The highest BCUT2D eigenvalue weighted by atomic mass is 17.2. The van der Waals surface area contributed by atoms with Crippen LogP contribution in [0, 0.1) is 0 Å². The standard InChI is InChI=1S/C13H26N2O2/c1-14-11-6-8-12(9-7-11)16-17-13-5-3-4-10-15(13)2/h11-14H,3-10H2,1-2H3. The van der Waals surface area contributed by atoms with Gasteiger partial charge in [-0.1, -0.05) is 0 Å². The number of nitrogens with one attached hydrogen (secondary N) is 1. The zero-order valence-electron chi connectivity index (χ0n) is 11.2. The lowest BCUT2D eigenvalue weighted by molar-refractivity contribution is -0.380. The van der Waals surface area contributed by atoms with E-state index in [1.165, 1.54) is 25.7 Å². The normalized spacial score (nSPS) is 36.0. The van der Waals surface area contributed by atoms with Gasteiger partial charge in [0.1, 0.15) is 6.23 Å². The largest absolute Gasteiger partial charge is 0.317 e. The Bertz CT molecular complexity index is 217. The predicted octanol–water partition coefficient (Wildman–Crippen LogP) is 1.91. The van der Waals surface area contributed by atoms with Crippen molar-refractivity contribution in [2.45, 2.75) is 63.3 Å². The molecule has 0 radical (unpaired) electrons. The third-order valence-corrected chi connectivity index (χ3v) is 4.09. The molecule has 2 fully saturated rings. The second kappa shape index (κ2) is 6.69. The second-order valence-corrected chi connectivity index (χ2v) is 5.39. The lowest BCUT2D eigenvalue weighted by atomic mass is 9.93. The van der Waals surface area contributed by atoms with Crippen LogP contribution in [0.1, 0.15) is 44.9 Å². The number of hydrogen-bond donors (Lipinski definition) is 1. The van der Waals surface area contributed by atoms with Crippen LogP contribution in [0.2, 0.25) is 0 Å². The summed E-state index contributed by atoms with van der Waals surface area (Å²) in [5.41, 5.74) is 0. The Morgan fingerprint density at radius 2 is 1.76 bits per heavy atom. The second-order valence-electron chi connectivity index (χ2n) is 5.39. The summed E-state index contributed by atoms with van der Waals surface area (Å²) in [4.78, 5) is 13.5. The first-order valence-electron chi connectivity index (χ1n) is 6.99. The molecule has 2 aliphatic rings. The summed E-state index contributed by atoms with van der Waals surface area (Å²) in [5.74, 6) is 0. The molecule has 1 unspecified atom stereocenters. The molecule has 17 heavy (non-hydrogen) atoms. The van der Waals surface area contributed by atoms with Gasteiger partial charge in [0.05, 0.1) is 6.10 Å². The van der Waals surface area contributed by atoms with E-state index in [1.54, 1.807) is 0 Å². The van der Waals surface area contributed by atoms with Gasteiger partial charge >= 0.3 is 0 Å². The van der Waals surface area contributed by atoms with Gasteiger partial charge in [0, 0.05) is 12.6 Å². The molecule has 2 rings (SSSR count). The zero-order chi connectivity index (χ0) is 12.1. The quantitative estimate of drug-likeness (QED) is 0.603. The van der Waals surface area contributed by atoms with Crippen LogP contribution in [-0.2, 0) is 9.78 Å². The van der Waals surface area contributed by atoms with Crippen LogP contribution in [0.5, 0.6) is 0 Å². The topological polar surface area (TPSA) is 33.7 Å². The molecule has 1 atom stereocenters. The molecule has 1 heterocycles. The van der Waals surface area contributed by atoms with Crippen LogP contribution in [0.25, 0.3) is 0 Å². The van der Waals surface area contributed by atoms with Crippen molar-refractivity contribution in [1.82, 2.24) is 10.2 Å². The molecular weight excluding hydrogens is 216 g/mol. The first-order valence-corrected chi connectivity index (χ1v) is 6.99. The number of hydrogen-bond acceptors (Lipinski definition) is 4. The van der Waals surface area contributed by atoms with E-state index in [9.17, 15) is 0 Å². The Kier molecular flexibility index (Phi) is 5.22. The van der Waals surface area contributed by atoms with Crippen molar-refractivity contribution in [3.8, 4) is 0 Å². The molecule has 0 amide bonds. The minimum absolute atomic E-state index is 0.172. The van der Waals surface area contributed by atoms with E-state index in [4.69, 9.17) is 9.78 Å². The molecule has 100 valence electrons. The van der Waals surface area contributed by atoms with E-state index in [1.807, 2.05) is 7.05 Å². The van der Waals surface area contributed by atoms with Gasteiger partial charge in [0.25, 0.3) is 0 Å². The average molecular weight is 242 g/mol. The molecule has 0 spiro atoms. The van der Waals surface area contributed by atoms with E-state index in [2.05, 4.69) is 17.3 Å². The SMILES string of the molecule is CNC1CCC(OOC2CCCCN2C)CC1. The fourth-order valence-corrected chi connectivity index (χ4v) is 2.76. The Hall–Kier alpha value is -0.160. The van der Waals surface area contributed by atoms with E-state index in [0.717, 1.165) is 25.8 Å². The highest BCUT2D eigenvalue weighted by molar-refractivity contribution is 4.75. The third-order valence-electron chi connectivity index (χ3n) is 4.09. The minimum atomic E-state index is 0.172. The van der Waals surface area contributed by atoms with Crippen LogP contribution >= 0.6 is 0 Å². The molecule has 4 nitrogen and oxygen atoms in total. The van der Waals surface area contributed by atoms with Crippen molar-refractivity contribution in [3.63, 3.8) is 0 Å². The maximum absolute atomic E-state index is 5.62. The Balaban J connectivity index is 1.65. The van der Waals surface area contributed by atoms with Gasteiger partial charge < -0.3 is 5.32 Å². The van der Waals surface area contributed by atoms with E-state index in [-0.39, 0.29) is 6.23 Å². The molecule has 4 heteroatoms. The van der Waals surface area contributed by atoms with Crippen LogP contribution in [0.3, 0.4) is 0 Å². The van der Waals surface area contributed by atoms with Crippen molar-refractivity contribution in [3.05, 3.63) is 0 Å². The van der Waals surface area contributed by atoms with Gasteiger partial charge in [-0.05, 0) is 59.0 Å². The molecular formula is C13H26N2O2. The molecule has 1 saturated heterocycles. The highest BCUT2D eigenvalue weighted by Gasteiger charge is 2.25. The van der Waals surface area contributed by atoms with Crippen LogP contribution in [0.4, 0.5) is 0 Å². The summed E-state index contributed by atoms with van der Waals surface area (Å²) >= 11 is 0. The molecule has 0 bridgehead atoms.